The van der Waals surface area contributed by atoms with Crippen molar-refractivity contribution in [2.45, 2.75) is 6.92 Å². The van der Waals surface area contributed by atoms with Gasteiger partial charge in [0.1, 0.15) is 0 Å². The van der Waals surface area contributed by atoms with Gasteiger partial charge in [0.25, 0.3) is 11.5 Å². The fraction of sp³-hybridized carbons (Fsp3) is 0.182. The molecule has 0 unspecified atom stereocenters. The summed E-state index contributed by atoms with van der Waals surface area (Å²) in [5, 5.41) is 6.75. The number of nitrogens with zero attached hydrogens (tertiary/aromatic N) is 2. The average Bonchev–Trinajstić information content (AvgIpc) is 3.26. The summed E-state index contributed by atoms with van der Waals surface area (Å²) in [4.78, 5) is 37.3. The Morgan fingerprint density at radius 1 is 1.09 bits per heavy atom. The zero-order valence-electron chi connectivity index (χ0n) is 17.1. The lowest BCUT2D eigenvalue weighted by Crippen LogP contribution is -2.27. The third-order valence-corrected chi connectivity index (χ3v) is 4.38. The molecule has 1 amide bonds. The Bertz CT molecular complexity index is 1210. The van der Waals surface area contributed by atoms with Gasteiger partial charge in [0.15, 0.2) is 23.9 Å². The highest BCUT2D eigenvalue weighted by Gasteiger charge is 2.21. The van der Waals surface area contributed by atoms with Crippen molar-refractivity contribution in [3.8, 4) is 22.9 Å². The highest BCUT2D eigenvalue weighted by molar-refractivity contribution is 5.93. The summed E-state index contributed by atoms with van der Waals surface area (Å²) in [6, 6.07) is 14.6. The van der Waals surface area contributed by atoms with Gasteiger partial charge in [-0.25, -0.2) is 4.79 Å². The Balaban J connectivity index is 1.53. The van der Waals surface area contributed by atoms with E-state index in [1.807, 2.05) is 0 Å². The number of hydrogen-bond donors (Lipinski definition) is 1. The summed E-state index contributed by atoms with van der Waals surface area (Å²) in [6.45, 7) is 1.41. The Morgan fingerprint density at radius 3 is 2.66 bits per heavy atom. The van der Waals surface area contributed by atoms with E-state index in [4.69, 9.17) is 18.9 Å². The zero-order chi connectivity index (χ0) is 22.5. The van der Waals surface area contributed by atoms with Crippen LogP contribution in [0.1, 0.15) is 17.4 Å². The highest BCUT2D eigenvalue weighted by atomic mass is 16.7. The average molecular weight is 437 g/mol. The second kappa shape index (κ2) is 9.21. The maximum Gasteiger partial charge on any atom is 0.362 e. The fourth-order valence-corrected chi connectivity index (χ4v) is 2.96. The molecule has 10 nitrogen and oxygen atoms in total. The third-order valence-electron chi connectivity index (χ3n) is 4.38. The summed E-state index contributed by atoms with van der Waals surface area (Å²) in [6.07, 6.45) is 0. The first-order chi connectivity index (χ1) is 15.5. The summed E-state index contributed by atoms with van der Waals surface area (Å²) >= 11 is 0. The van der Waals surface area contributed by atoms with Crippen LogP contribution >= 0.6 is 0 Å². The van der Waals surface area contributed by atoms with E-state index in [-0.39, 0.29) is 24.8 Å². The first-order valence-electron chi connectivity index (χ1n) is 9.74. The van der Waals surface area contributed by atoms with Gasteiger partial charge in [-0.2, -0.15) is 9.78 Å². The SMILES string of the molecule is CCOC(=O)c1nn(-c2ccccc2)c(=O)cc1OCC(=O)Nc1ccc2c(c1)OCO2. The largest absolute Gasteiger partial charge is 0.481 e. The summed E-state index contributed by atoms with van der Waals surface area (Å²) in [5.74, 6) is -0.332. The predicted molar refractivity (Wildman–Crippen MR) is 112 cm³/mol. The molecule has 10 heteroatoms. The quantitative estimate of drug-likeness (QED) is 0.559. The monoisotopic (exact) mass is 437 g/mol. The van der Waals surface area contributed by atoms with Crippen LogP contribution in [0.4, 0.5) is 5.69 Å². The van der Waals surface area contributed by atoms with Crippen molar-refractivity contribution in [1.29, 1.82) is 0 Å². The van der Waals surface area contributed by atoms with E-state index in [1.54, 1.807) is 55.5 Å². The molecule has 1 aliphatic heterocycles. The second-order valence-electron chi connectivity index (χ2n) is 6.57. The molecule has 0 atom stereocenters. The van der Waals surface area contributed by atoms with Crippen LogP contribution in [0.3, 0.4) is 0 Å². The fourth-order valence-electron chi connectivity index (χ4n) is 2.96. The van der Waals surface area contributed by atoms with Crippen LogP contribution in [-0.2, 0) is 9.53 Å². The number of nitrogens with one attached hydrogen (secondary N) is 1. The molecule has 4 rings (SSSR count). The number of amides is 1. The van der Waals surface area contributed by atoms with Gasteiger partial charge in [0, 0.05) is 11.8 Å². The summed E-state index contributed by atoms with van der Waals surface area (Å²) in [5.41, 5.74) is 0.197. The van der Waals surface area contributed by atoms with Crippen molar-refractivity contribution in [2.24, 2.45) is 0 Å². The smallest absolute Gasteiger partial charge is 0.362 e. The van der Waals surface area contributed by atoms with Gasteiger partial charge in [0.05, 0.1) is 18.4 Å². The molecule has 32 heavy (non-hydrogen) atoms. The van der Waals surface area contributed by atoms with Gasteiger partial charge in [0.2, 0.25) is 12.5 Å². The van der Waals surface area contributed by atoms with Crippen LogP contribution in [0.25, 0.3) is 5.69 Å². The first-order valence-corrected chi connectivity index (χ1v) is 9.74. The van der Waals surface area contributed by atoms with Crippen molar-refractivity contribution in [2.75, 3.05) is 25.3 Å². The molecule has 3 aromatic rings. The van der Waals surface area contributed by atoms with Crippen molar-refractivity contribution < 1.29 is 28.5 Å². The molecule has 1 N–H and O–H groups in total. The molecule has 0 saturated heterocycles. The van der Waals surface area contributed by atoms with Crippen LogP contribution in [-0.4, -0.2) is 41.7 Å². The van der Waals surface area contributed by atoms with Crippen LogP contribution in [0.5, 0.6) is 17.2 Å². The van der Waals surface area contributed by atoms with E-state index in [9.17, 15) is 14.4 Å². The number of anilines is 1. The van der Waals surface area contributed by atoms with Crippen LogP contribution in [0.15, 0.2) is 59.4 Å². The van der Waals surface area contributed by atoms with E-state index in [1.165, 1.54) is 0 Å². The molecular weight excluding hydrogens is 418 g/mol. The van der Waals surface area contributed by atoms with Gasteiger partial charge in [-0.3, -0.25) is 9.59 Å². The topological polar surface area (TPSA) is 118 Å². The number of rotatable bonds is 7. The number of hydrogen-bond acceptors (Lipinski definition) is 8. The molecule has 2 heterocycles. The Morgan fingerprint density at radius 2 is 1.88 bits per heavy atom. The molecule has 1 aromatic heterocycles. The maximum absolute atomic E-state index is 12.6. The molecule has 0 spiro atoms. The zero-order valence-corrected chi connectivity index (χ0v) is 17.1. The van der Waals surface area contributed by atoms with Gasteiger partial charge < -0.3 is 24.3 Å². The van der Waals surface area contributed by atoms with Gasteiger partial charge in [-0.05, 0) is 31.2 Å². The summed E-state index contributed by atoms with van der Waals surface area (Å²) in [7, 11) is 0. The van der Waals surface area contributed by atoms with E-state index >= 15 is 0 Å². The van der Waals surface area contributed by atoms with Crippen molar-refractivity contribution in [1.82, 2.24) is 9.78 Å². The normalized spacial score (nSPS) is 11.7. The minimum Gasteiger partial charge on any atom is -0.481 e. The van der Waals surface area contributed by atoms with E-state index < -0.39 is 24.0 Å². The first kappa shape index (κ1) is 20.9. The van der Waals surface area contributed by atoms with E-state index in [0.717, 1.165) is 10.7 Å². The van der Waals surface area contributed by atoms with Crippen molar-refractivity contribution in [3.05, 3.63) is 70.6 Å². The van der Waals surface area contributed by atoms with Crippen LogP contribution in [0, 0.1) is 0 Å². The molecule has 164 valence electrons. The minimum atomic E-state index is -0.775. The van der Waals surface area contributed by atoms with Gasteiger partial charge in [-0.1, -0.05) is 18.2 Å². The lowest BCUT2D eigenvalue weighted by atomic mass is 10.3. The van der Waals surface area contributed by atoms with Crippen molar-refractivity contribution in [3.63, 3.8) is 0 Å². The molecule has 0 bridgehead atoms. The predicted octanol–water partition coefficient (Wildman–Crippen LogP) is 2.16. The number of ether oxygens (including phenoxy) is 4. The Kier molecular flexibility index (Phi) is 6.02. The number of aromatic nitrogens is 2. The molecular formula is C22H19N3O7. The molecule has 0 saturated carbocycles. The minimum absolute atomic E-state index is 0.106. The van der Waals surface area contributed by atoms with E-state index in [0.29, 0.717) is 22.9 Å². The lowest BCUT2D eigenvalue weighted by molar-refractivity contribution is -0.118. The number of carbonyl (C=O) groups is 2. The summed E-state index contributed by atoms with van der Waals surface area (Å²) < 4.78 is 22.0. The Hall–Kier alpha value is -4.34. The lowest BCUT2D eigenvalue weighted by Gasteiger charge is -2.12. The number of esters is 1. The van der Waals surface area contributed by atoms with Crippen LogP contribution < -0.4 is 25.1 Å². The van der Waals surface area contributed by atoms with E-state index in [2.05, 4.69) is 10.4 Å². The number of benzene rings is 2. The number of carbonyl (C=O) groups excluding carboxylic acids is 2. The maximum atomic E-state index is 12.6. The molecule has 0 fully saturated rings. The molecule has 1 aliphatic rings. The van der Waals surface area contributed by atoms with Crippen LogP contribution in [0.2, 0.25) is 0 Å². The highest BCUT2D eigenvalue weighted by Crippen LogP contribution is 2.34. The molecule has 2 aromatic carbocycles. The number of fused-ring (bicyclic) bond motifs is 1. The van der Waals surface area contributed by atoms with Gasteiger partial charge in [-0.15, -0.1) is 0 Å². The second-order valence-corrected chi connectivity index (χ2v) is 6.57. The Labute approximate surface area is 182 Å². The number of para-hydroxylation sites is 1. The molecule has 0 aliphatic carbocycles. The third kappa shape index (κ3) is 4.53. The molecule has 0 radical (unpaired) electrons. The van der Waals surface area contributed by atoms with Crippen molar-refractivity contribution >= 4 is 17.6 Å². The standard InChI is InChI=1S/C22H19N3O7/c1-2-29-22(28)21-18(11-20(27)25(24-21)15-6-4-3-5-7-15)30-12-19(26)23-14-8-9-16-17(10-14)32-13-31-16/h3-11H,2,12-13H2,1H3,(H,23,26). The van der Waals surface area contributed by atoms with Gasteiger partial charge >= 0.3 is 5.97 Å².